The van der Waals surface area contributed by atoms with Gasteiger partial charge < -0.3 is 10.8 Å². The summed E-state index contributed by atoms with van der Waals surface area (Å²) in [5.41, 5.74) is 6.42. The lowest BCUT2D eigenvalue weighted by Crippen LogP contribution is -1.99. The predicted octanol–water partition coefficient (Wildman–Crippen LogP) is 0.800. The molecule has 0 unspecified atom stereocenters. The zero-order chi connectivity index (χ0) is 8.27. The summed E-state index contributed by atoms with van der Waals surface area (Å²) in [5, 5.41) is 8.58. The van der Waals surface area contributed by atoms with Gasteiger partial charge in [0.05, 0.1) is 0 Å². The van der Waals surface area contributed by atoms with E-state index in [2.05, 4.69) is 0 Å². The van der Waals surface area contributed by atoms with Crippen LogP contribution in [0.15, 0.2) is 35.6 Å². The van der Waals surface area contributed by atoms with Crippen molar-refractivity contribution in [3.8, 4) is 0 Å². The molecule has 0 saturated carbocycles. The third-order valence-electron chi connectivity index (χ3n) is 1.42. The molecule has 0 bridgehead atoms. The number of allylic oxidation sites excluding steroid dienone is 4. The Hall–Kier alpha value is -1.51. The molecule has 0 heterocycles. The summed E-state index contributed by atoms with van der Waals surface area (Å²) in [7, 11) is 0. The van der Waals surface area contributed by atoms with Gasteiger partial charge >= 0.3 is 5.97 Å². The van der Waals surface area contributed by atoms with Crippen LogP contribution in [-0.4, -0.2) is 11.1 Å². The Morgan fingerprint density at radius 3 is 3.00 bits per heavy atom. The van der Waals surface area contributed by atoms with Crippen LogP contribution in [0.5, 0.6) is 0 Å². The van der Waals surface area contributed by atoms with Gasteiger partial charge in [-0.25, -0.2) is 4.79 Å². The maximum atomic E-state index is 10.4. The van der Waals surface area contributed by atoms with Crippen LogP contribution in [0.1, 0.15) is 6.42 Å². The fourth-order valence-electron chi connectivity index (χ4n) is 0.798. The minimum atomic E-state index is -0.888. The molecule has 1 rings (SSSR count). The van der Waals surface area contributed by atoms with Crippen molar-refractivity contribution in [2.45, 2.75) is 6.42 Å². The van der Waals surface area contributed by atoms with Crippen molar-refractivity contribution >= 4 is 5.97 Å². The van der Waals surface area contributed by atoms with Crippen LogP contribution in [0.4, 0.5) is 0 Å². The summed E-state index contributed by atoms with van der Waals surface area (Å²) in [6.07, 6.45) is 6.95. The van der Waals surface area contributed by atoms with Crippen molar-refractivity contribution in [2.24, 2.45) is 5.73 Å². The molecule has 0 saturated heterocycles. The summed E-state index contributed by atoms with van der Waals surface area (Å²) in [6.45, 7) is 0. The van der Waals surface area contributed by atoms with E-state index in [-0.39, 0.29) is 0 Å². The largest absolute Gasteiger partial charge is 0.478 e. The molecular weight excluding hydrogens is 142 g/mol. The summed E-state index contributed by atoms with van der Waals surface area (Å²) < 4.78 is 0. The molecule has 58 valence electrons. The van der Waals surface area contributed by atoms with E-state index in [0.29, 0.717) is 17.7 Å². The highest BCUT2D eigenvalue weighted by Crippen LogP contribution is 2.08. The number of rotatable bonds is 1. The zero-order valence-electron chi connectivity index (χ0n) is 5.95. The number of carbonyl (C=O) groups is 1. The van der Waals surface area contributed by atoms with Crippen LogP contribution in [0.3, 0.4) is 0 Å². The van der Waals surface area contributed by atoms with Gasteiger partial charge in [0, 0.05) is 11.3 Å². The first-order chi connectivity index (χ1) is 5.20. The third-order valence-corrected chi connectivity index (χ3v) is 1.42. The molecule has 1 aliphatic rings. The van der Waals surface area contributed by atoms with Crippen LogP contribution >= 0.6 is 0 Å². The summed E-state index contributed by atoms with van der Waals surface area (Å²) in [6, 6.07) is 0. The van der Waals surface area contributed by atoms with Gasteiger partial charge in [0.25, 0.3) is 0 Å². The van der Waals surface area contributed by atoms with Gasteiger partial charge in [0.1, 0.15) is 0 Å². The second kappa shape index (κ2) is 3.05. The molecule has 0 fully saturated rings. The van der Waals surface area contributed by atoms with Crippen LogP contribution in [0.2, 0.25) is 0 Å². The SMILES string of the molecule is NC1=CCC(C(=O)O)=CC=C1. The average molecular weight is 151 g/mol. The maximum Gasteiger partial charge on any atom is 0.331 e. The number of nitrogens with two attached hydrogens (primary N) is 1. The van der Waals surface area contributed by atoms with Crippen LogP contribution in [-0.2, 0) is 4.79 Å². The first-order valence-corrected chi connectivity index (χ1v) is 3.26. The minimum Gasteiger partial charge on any atom is -0.478 e. The Kier molecular flexibility index (Phi) is 2.11. The monoisotopic (exact) mass is 151 g/mol. The number of hydrogen-bond donors (Lipinski definition) is 2. The second-order valence-electron chi connectivity index (χ2n) is 2.26. The van der Waals surface area contributed by atoms with Gasteiger partial charge in [0.2, 0.25) is 0 Å². The Morgan fingerprint density at radius 1 is 1.64 bits per heavy atom. The van der Waals surface area contributed by atoms with Crippen LogP contribution in [0.25, 0.3) is 0 Å². The standard InChI is InChI=1S/C8H9NO2/c9-7-3-1-2-6(4-5-7)8(10)11/h1-3,5H,4,9H2,(H,10,11). The van der Waals surface area contributed by atoms with Gasteiger partial charge in [-0.15, -0.1) is 0 Å². The highest BCUT2D eigenvalue weighted by atomic mass is 16.4. The van der Waals surface area contributed by atoms with Crippen molar-refractivity contribution in [3.05, 3.63) is 35.6 Å². The van der Waals surface area contributed by atoms with E-state index in [1.807, 2.05) is 0 Å². The van der Waals surface area contributed by atoms with Gasteiger partial charge in [-0.05, 0) is 12.5 Å². The van der Waals surface area contributed by atoms with Crippen molar-refractivity contribution < 1.29 is 9.90 Å². The molecule has 1 aliphatic carbocycles. The molecule has 0 aliphatic heterocycles. The lowest BCUT2D eigenvalue weighted by Gasteiger charge is -1.93. The van der Waals surface area contributed by atoms with Crippen molar-refractivity contribution in [3.63, 3.8) is 0 Å². The highest BCUT2D eigenvalue weighted by molar-refractivity contribution is 5.87. The maximum absolute atomic E-state index is 10.4. The van der Waals surface area contributed by atoms with E-state index in [1.165, 1.54) is 0 Å². The van der Waals surface area contributed by atoms with Gasteiger partial charge in [-0.3, -0.25) is 0 Å². The average Bonchev–Trinajstić information content (AvgIpc) is 2.13. The molecule has 0 atom stereocenters. The fourth-order valence-corrected chi connectivity index (χ4v) is 0.798. The third kappa shape index (κ3) is 1.97. The Morgan fingerprint density at radius 2 is 2.36 bits per heavy atom. The van der Waals surface area contributed by atoms with Crippen molar-refractivity contribution in [2.75, 3.05) is 0 Å². The molecule has 0 spiro atoms. The number of aliphatic carboxylic acids is 1. The van der Waals surface area contributed by atoms with E-state index in [9.17, 15) is 4.79 Å². The minimum absolute atomic E-state index is 0.363. The molecule has 3 N–H and O–H groups in total. The van der Waals surface area contributed by atoms with E-state index < -0.39 is 5.97 Å². The zero-order valence-corrected chi connectivity index (χ0v) is 5.95. The molecule has 0 radical (unpaired) electrons. The first kappa shape index (κ1) is 7.60. The van der Waals surface area contributed by atoms with E-state index in [4.69, 9.17) is 10.8 Å². The summed E-state index contributed by atoms with van der Waals surface area (Å²) in [4.78, 5) is 10.4. The van der Waals surface area contributed by atoms with Gasteiger partial charge in [0.15, 0.2) is 0 Å². The molecule has 0 aromatic rings. The summed E-state index contributed by atoms with van der Waals surface area (Å²) in [5.74, 6) is -0.888. The van der Waals surface area contributed by atoms with Gasteiger partial charge in [-0.2, -0.15) is 0 Å². The topological polar surface area (TPSA) is 63.3 Å². The van der Waals surface area contributed by atoms with Crippen LogP contribution < -0.4 is 5.73 Å². The molecule has 0 amide bonds. The molecular formula is C8H9NO2. The number of hydrogen-bond acceptors (Lipinski definition) is 2. The fraction of sp³-hybridized carbons (Fsp3) is 0.125. The number of carboxylic acids is 1. The van der Waals surface area contributed by atoms with Crippen molar-refractivity contribution in [1.29, 1.82) is 0 Å². The lowest BCUT2D eigenvalue weighted by molar-refractivity contribution is -0.132. The molecule has 3 heteroatoms. The van der Waals surface area contributed by atoms with E-state index in [0.717, 1.165) is 0 Å². The smallest absolute Gasteiger partial charge is 0.331 e. The molecule has 3 nitrogen and oxygen atoms in total. The van der Waals surface area contributed by atoms with Gasteiger partial charge in [-0.1, -0.05) is 18.2 Å². The Bertz CT molecular complexity index is 259. The lowest BCUT2D eigenvalue weighted by atomic mass is 10.2. The predicted molar refractivity (Wildman–Crippen MR) is 41.7 cm³/mol. The Balaban J connectivity index is 2.82. The molecule has 0 aromatic carbocycles. The first-order valence-electron chi connectivity index (χ1n) is 3.26. The molecule has 11 heavy (non-hydrogen) atoms. The summed E-state index contributed by atoms with van der Waals surface area (Å²) >= 11 is 0. The van der Waals surface area contributed by atoms with Crippen molar-refractivity contribution in [1.82, 2.24) is 0 Å². The molecule has 0 aromatic heterocycles. The van der Waals surface area contributed by atoms with E-state index in [1.54, 1.807) is 24.3 Å². The quantitative estimate of drug-likeness (QED) is 0.582. The van der Waals surface area contributed by atoms with E-state index >= 15 is 0 Å². The second-order valence-corrected chi connectivity index (χ2v) is 2.26. The highest BCUT2D eigenvalue weighted by Gasteiger charge is 2.05. The number of carboxylic acid groups (broad SMARTS) is 1. The Labute approximate surface area is 64.5 Å². The van der Waals surface area contributed by atoms with Crippen LogP contribution in [0, 0.1) is 0 Å². The normalized spacial score (nSPS) is 16.7.